The molecule has 1 fully saturated rings. The topological polar surface area (TPSA) is 63.6 Å². The van der Waals surface area contributed by atoms with Crippen LogP contribution in [0.4, 0.5) is 0 Å². The van der Waals surface area contributed by atoms with E-state index < -0.39 is 5.97 Å². The Hall–Kier alpha value is -2.20. The Morgan fingerprint density at radius 1 is 1.23 bits per heavy atom. The summed E-state index contributed by atoms with van der Waals surface area (Å²) in [6.07, 6.45) is 10.4. The van der Waals surface area contributed by atoms with Gasteiger partial charge in [0.15, 0.2) is 5.78 Å². The molecule has 0 bridgehead atoms. The molecule has 0 aliphatic carbocycles. The van der Waals surface area contributed by atoms with Crippen LogP contribution in [-0.4, -0.2) is 30.1 Å². The zero-order valence-corrected chi connectivity index (χ0v) is 15.3. The number of ether oxygens (including phenoxy) is 1. The molecule has 0 saturated carbocycles. The van der Waals surface area contributed by atoms with E-state index in [1.807, 2.05) is 49.4 Å². The van der Waals surface area contributed by atoms with Crippen LogP contribution in [0.5, 0.6) is 0 Å². The molecule has 1 aliphatic rings. The van der Waals surface area contributed by atoms with E-state index in [2.05, 4.69) is 6.08 Å². The van der Waals surface area contributed by atoms with Gasteiger partial charge in [-0.25, -0.2) is 0 Å². The number of carbonyl (C=O) groups is 2. The molecular weight excluding hydrogens is 328 g/mol. The molecule has 2 rings (SSSR count). The quantitative estimate of drug-likeness (QED) is 0.384. The van der Waals surface area contributed by atoms with Gasteiger partial charge in [-0.2, -0.15) is 0 Å². The third-order valence-corrected chi connectivity index (χ3v) is 4.85. The summed E-state index contributed by atoms with van der Waals surface area (Å²) in [7, 11) is 0. The molecule has 0 aromatic heterocycles. The zero-order valence-electron chi connectivity index (χ0n) is 15.3. The van der Waals surface area contributed by atoms with Crippen molar-refractivity contribution in [3.63, 3.8) is 0 Å². The van der Waals surface area contributed by atoms with E-state index in [0.717, 1.165) is 18.4 Å². The van der Waals surface area contributed by atoms with Gasteiger partial charge in [0.2, 0.25) is 0 Å². The van der Waals surface area contributed by atoms with Crippen LogP contribution in [0.2, 0.25) is 0 Å². The molecule has 0 spiro atoms. The number of rotatable bonds is 10. The number of hydrogen-bond acceptors (Lipinski definition) is 3. The van der Waals surface area contributed by atoms with Crippen molar-refractivity contribution in [2.75, 3.05) is 13.2 Å². The van der Waals surface area contributed by atoms with Crippen molar-refractivity contribution in [3.8, 4) is 0 Å². The van der Waals surface area contributed by atoms with Crippen LogP contribution in [0, 0.1) is 11.8 Å². The van der Waals surface area contributed by atoms with Crippen molar-refractivity contribution in [1.29, 1.82) is 0 Å². The summed E-state index contributed by atoms with van der Waals surface area (Å²) in [6, 6.07) is 9.81. The minimum absolute atomic E-state index is 0.117. The van der Waals surface area contributed by atoms with Crippen LogP contribution in [-0.2, 0) is 14.3 Å². The highest BCUT2D eigenvalue weighted by molar-refractivity contribution is 5.95. The van der Waals surface area contributed by atoms with Gasteiger partial charge in [0.05, 0.1) is 13.2 Å². The molecule has 1 aliphatic heterocycles. The summed E-state index contributed by atoms with van der Waals surface area (Å²) in [6.45, 7) is 3.29. The maximum absolute atomic E-state index is 12.4. The largest absolute Gasteiger partial charge is 0.481 e. The van der Waals surface area contributed by atoms with Gasteiger partial charge in [-0.3, -0.25) is 9.59 Å². The van der Waals surface area contributed by atoms with Gasteiger partial charge in [-0.05, 0) is 36.8 Å². The normalized spacial score (nSPS) is 21.4. The van der Waals surface area contributed by atoms with E-state index in [1.165, 1.54) is 0 Å². The number of aliphatic carboxylic acids is 1. The van der Waals surface area contributed by atoms with Crippen LogP contribution >= 0.6 is 0 Å². The molecule has 1 aromatic rings. The average molecular weight is 356 g/mol. The van der Waals surface area contributed by atoms with E-state index in [1.54, 1.807) is 6.08 Å². The van der Waals surface area contributed by atoms with E-state index in [-0.39, 0.29) is 24.0 Å². The van der Waals surface area contributed by atoms with Crippen molar-refractivity contribution in [3.05, 3.63) is 60.2 Å². The summed E-state index contributed by atoms with van der Waals surface area (Å²) >= 11 is 0. The van der Waals surface area contributed by atoms with Crippen LogP contribution in [0.25, 0.3) is 0 Å². The highest BCUT2D eigenvalue weighted by Crippen LogP contribution is 2.26. The Bertz CT molecular complexity index is 633. The predicted octanol–water partition coefficient (Wildman–Crippen LogP) is 4.38. The van der Waals surface area contributed by atoms with Crippen LogP contribution in [0.3, 0.4) is 0 Å². The maximum atomic E-state index is 12.4. The molecule has 4 nitrogen and oxygen atoms in total. The molecule has 0 amide bonds. The number of benzene rings is 1. The van der Waals surface area contributed by atoms with Crippen molar-refractivity contribution >= 4 is 11.8 Å². The Morgan fingerprint density at radius 2 is 2.00 bits per heavy atom. The van der Waals surface area contributed by atoms with Crippen LogP contribution in [0.1, 0.15) is 44.1 Å². The first-order chi connectivity index (χ1) is 12.6. The second kappa shape index (κ2) is 10.7. The Morgan fingerprint density at radius 3 is 2.73 bits per heavy atom. The van der Waals surface area contributed by atoms with Crippen molar-refractivity contribution in [2.24, 2.45) is 11.8 Å². The number of carboxylic acids is 1. The van der Waals surface area contributed by atoms with Gasteiger partial charge in [0, 0.05) is 18.3 Å². The first-order valence-electron chi connectivity index (χ1n) is 9.29. The third-order valence-electron chi connectivity index (χ3n) is 4.85. The summed E-state index contributed by atoms with van der Waals surface area (Å²) in [5.74, 6) is -0.136. The van der Waals surface area contributed by atoms with Crippen LogP contribution in [0.15, 0.2) is 54.6 Å². The Kier molecular flexibility index (Phi) is 8.29. The predicted molar refractivity (Wildman–Crippen MR) is 102 cm³/mol. The van der Waals surface area contributed by atoms with Crippen LogP contribution < -0.4 is 0 Å². The lowest BCUT2D eigenvalue weighted by molar-refractivity contribution is -0.137. The average Bonchev–Trinajstić information content (AvgIpc) is 3.09. The molecule has 1 heterocycles. The van der Waals surface area contributed by atoms with Gasteiger partial charge in [0.1, 0.15) is 0 Å². The van der Waals surface area contributed by atoms with Crippen molar-refractivity contribution in [2.45, 2.75) is 38.5 Å². The molecule has 26 heavy (non-hydrogen) atoms. The minimum Gasteiger partial charge on any atom is -0.481 e. The minimum atomic E-state index is -0.748. The van der Waals surface area contributed by atoms with E-state index in [0.29, 0.717) is 25.6 Å². The molecule has 3 atom stereocenters. The number of unbranched alkanes of at least 4 members (excludes halogenated alkanes) is 1. The third kappa shape index (κ3) is 6.60. The van der Waals surface area contributed by atoms with Gasteiger partial charge in [-0.1, -0.05) is 55.5 Å². The number of hydrogen-bond donors (Lipinski definition) is 1. The smallest absolute Gasteiger partial charge is 0.303 e. The maximum Gasteiger partial charge on any atom is 0.303 e. The first kappa shape index (κ1) is 20.1. The van der Waals surface area contributed by atoms with E-state index >= 15 is 0 Å². The highest BCUT2D eigenvalue weighted by Gasteiger charge is 2.25. The van der Waals surface area contributed by atoms with Crippen molar-refractivity contribution in [1.82, 2.24) is 0 Å². The molecule has 1 N–H and O–H groups in total. The summed E-state index contributed by atoms with van der Waals surface area (Å²) < 4.78 is 5.58. The second-order valence-corrected chi connectivity index (χ2v) is 6.85. The molecular formula is C22H28O4. The Balaban J connectivity index is 1.80. The lowest BCUT2D eigenvalue weighted by Gasteiger charge is -2.12. The lowest BCUT2D eigenvalue weighted by atomic mass is 9.90. The summed E-state index contributed by atoms with van der Waals surface area (Å²) in [5.41, 5.74) is 1.03. The first-order valence-corrected chi connectivity index (χ1v) is 9.29. The fourth-order valence-electron chi connectivity index (χ4n) is 3.10. The van der Waals surface area contributed by atoms with Gasteiger partial charge < -0.3 is 9.84 Å². The second-order valence-electron chi connectivity index (χ2n) is 6.85. The molecule has 4 heteroatoms. The van der Waals surface area contributed by atoms with E-state index in [9.17, 15) is 9.59 Å². The van der Waals surface area contributed by atoms with Gasteiger partial charge in [0.25, 0.3) is 0 Å². The number of carboxylic acid groups (broad SMARTS) is 1. The monoisotopic (exact) mass is 356 g/mol. The van der Waals surface area contributed by atoms with E-state index in [4.69, 9.17) is 9.84 Å². The molecule has 140 valence electrons. The standard InChI is InChI=1S/C22H28O4/c1-17(18-9-6-4-7-10-18)21(23)14-13-20-16-26-15-19(20)11-5-2-3-8-12-22(24)25/h2,4-7,9-10,13-14,17,19-20H,3,8,11-12,15-16H2,1H3,(H,24,25)/b5-2-,14-13+/t17?,19-,20-/m0/s1. The molecule has 1 aromatic carbocycles. The van der Waals surface area contributed by atoms with Gasteiger partial charge >= 0.3 is 5.97 Å². The molecule has 1 unspecified atom stereocenters. The fourth-order valence-corrected chi connectivity index (χ4v) is 3.10. The number of carbonyl (C=O) groups excluding carboxylic acids is 1. The highest BCUT2D eigenvalue weighted by atomic mass is 16.5. The SMILES string of the molecule is CC(C(=O)/C=C/[C@H]1COC[C@@H]1C/C=C\CCCC(=O)O)c1ccccc1. The fraction of sp³-hybridized carbons (Fsp3) is 0.455. The zero-order chi connectivity index (χ0) is 18.8. The summed E-state index contributed by atoms with van der Waals surface area (Å²) in [5, 5.41) is 8.62. The Labute approximate surface area is 155 Å². The lowest BCUT2D eigenvalue weighted by Crippen LogP contribution is -2.11. The number of ketones is 1. The molecule has 0 radical (unpaired) electrons. The van der Waals surface area contributed by atoms with Crippen molar-refractivity contribution < 1.29 is 19.4 Å². The van der Waals surface area contributed by atoms with Gasteiger partial charge in [-0.15, -0.1) is 0 Å². The molecule has 1 saturated heterocycles. The summed E-state index contributed by atoms with van der Waals surface area (Å²) in [4.78, 5) is 22.9. The number of allylic oxidation sites excluding steroid dienone is 3.